The summed E-state index contributed by atoms with van der Waals surface area (Å²) >= 11 is 0. The van der Waals surface area contributed by atoms with Gasteiger partial charge >= 0.3 is 0 Å². The van der Waals surface area contributed by atoms with E-state index in [-0.39, 0.29) is 12.5 Å². The van der Waals surface area contributed by atoms with Crippen molar-refractivity contribution in [2.45, 2.75) is 31.4 Å². The van der Waals surface area contributed by atoms with Gasteiger partial charge in [-0.1, -0.05) is 36.4 Å². The smallest absolute Gasteiger partial charge is 0.255 e. The molecule has 28 heavy (non-hydrogen) atoms. The summed E-state index contributed by atoms with van der Waals surface area (Å²) in [4.78, 5) is 19.2. The predicted octanol–water partition coefficient (Wildman–Crippen LogP) is 2.02. The topological polar surface area (TPSA) is 69.9 Å². The molecule has 2 aromatic heterocycles. The Morgan fingerprint density at radius 2 is 1.96 bits per heavy atom. The van der Waals surface area contributed by atoms with E-state index < -0.39 is 5.60 Å². The molecule has 146 valence electrons. The Balaban J connectivity index is 1.33. The molecule has 1 fully saturated rings. The van der Waals surface area contributed by atoms with Crippen LogP contribution in [0.5, 0.6) is 0 Å². The first kappa shape index (κ1) is 18.7. The fourth-order valence-electron chi connectivity index (χ4n) is 3.82. The molecule has 1 amide bonds. The molecule has 4 rings (SSSR count). The number of amides is 1. The van der Waals surface area contributed by atoms with E-state index in [1.165, 1.54) is 5.56 Å². The number of carbonyl (C=O) groups excluding carboxylic acids is 1. The summed E-state index contributed by atoms with van der Waals surface area (Å²) in [6, 6.07) is 16.0. The van der Waals surface area contributed by atoms with Gasteiger partial charge in [0.05, 0.1) is 5.69 Å². The van der Waals surface area contributed by atoms with E-state index in [4.69, 9.17) is 0 Å². The molecule has 6 heteroatoms. The highest BCUT2D eigenvalue weighted by atomic mass is 16.3. The lowest BCUT2D eigenvalue weighted by molar-refractivity contribution is -0.156. The molecule has 0 radical (unpaired) electrons. The molecular weight excluding hydrogens is 352 g/mol. The van der Waals surface area contributed by atoms with Crippen LogP contribution in [-0.2, 0) is 17.8 Å². The number of rotatable bonds is 7. The fraction of sp³-hybridized carbons (Fsp3) is 0.364. The van der Waals surface area contributed by atoms with Crippen molar-refractivity contribution in [3.05, 3.63) is 72.2 Å². The van der Waals surface area contributed by atoms with Crippen molar-refractivity contribution in [3.8, 4) is 0 Å². The van der Waals surface area contributed by atoms with Crippen LogP contribution in [0.25, 0.3) is 5.65 Å². The first-order valence-corrected chi connectivity index (χ1v) is 9.83. The van der Waals surface area contributed by atoms with E-state index in [0.717, 1.165) is 24.2 Å². The number of pyridine rings is 1. The number of aromatic nitrogens is 2. The quantitative estimate of drug-likeness (QED) is 0.660. The van der Waals surface area contributed by atoms with Crippen molar-refractivity contribution in [1.82, 2.24) is 19.6 Å². The highest BCUT2D eigenvalue weighted by molar-refractivity contribution is 5.86. The zero-order valence-corrected chi connectivity index (χ0v) is 15.9. The average Bonchev–Trinajstić information content (AvgIpc) is 3.13. The van der Waals surface area contributed by atoms with Gasteiger partial charge in [0.1, 0.15) is 5.65 Å². The highest BCUT2D eigenvalue weighted by Gasteiger charge is 2.41. The van der Waals surface area contributed by atoms with Crippen LogP contribution < -0.4 is 5.32 Å². The van der Waals surface area contributed by atoms with Gasteiger partial charge in [0.25, 0.3) is 5.91 Å². The average molecular weight is 378 g/mol. The number of aliphatic hydroxyl groups is 1. The maximum Gasteiger partial charge on any atom is 0.255 e. The SMILES string of the molecule is O=C1N(CCc2ccccc2)CCC[C@@]1(O)CNCc1cn2ccccc2n1. The maximum absolute atomic E-state index is 12.9. The molecule has 1 saturated heterocycles. The second kappa shape index (κ2) is 8.12. The Kier molecular flexibility index (Phi) is 5.41. The Hall–Kier alpha value is -2.70. The summed E-state index contributed by atoms with van der Waals surface area (Å²) in [6.07, 6.45) is 6.02. The first-order chi connectivity index (χ1) is 13.6. The van der Waals surface area contributed by atoms with E-state index >= 15 is 0 Å². The van der Waals surface area contributed by atoms with Crippen molar-refractivity contribution in [3.63, 3.8) is 0 Å². The normalized spacial score (nSPS) is 20.0. The van der Waals surface area contributed by atoms with Crippen molar-refractivity contribution >= 4 is 11.6 Å². The number of piperidine rings is 1. The number of likely N-dealkylation sites (tertiary alicyclic amines) is 1. The largest absolute Gasteiger partial charge is 0.379 e. The summed E-state index contributed by atoms with van der Waals surface area (Å²) < 4.78 is 1.96. The molecule has 3 aromatic rings. The van der Waals surface area contributed by atoms with Gasteiger partial charge in [-0.05, 0) is 37.0 Å². The third kappa shape index (κ3) is 4.08. The van der Waals surface area contributed by atoms with E-state index in [9.17, 15) is 9.90 Å². The third-order valence-corrected chi connectivity index (χ3v) is 5.35. The molecule has 0 aliphatic carbocycles. The van der Waals surface area contributed by atoms with Crippen molar-refractivity contribution in [2.75, 3.05) is 19.6 Å². The van der Waals surface area contributed by atoms with Crippen LogP contribution in [0.1, 0.15) is 24.1 Å². The lowest BCUT2D eigenvalue weighted by Gasteiger charge is -2.38. The lowest BCUT2D eigenvalue weighted by atomic mass is 9.91. The van der Waals surface area contributed by atoms with E-state index in [1.807, 2.05) is 53.2 Å². The van der Waals surface area contributed by atoms with Gasteiger partial charge in [-0.2, -0.15) is 0 Å². The Morgan fingerprint density at radius 3 is 2.79 bits per heavy atom. The predicted molar refractivity (Wildman–Crippen MR) is 108 cm³/mol. The zero-order chi connectivity index (χ0) is 19.4. The molecule has 0 spiro atoms. The molecule has 1 aromatic carbocycles. The van der Waals surface area contributed by atoms with Gasteiger partial charge in [0.15, 0.2) is 5.60 Å². The molecule has 6 nitrogen and oxygen atoms in total. The van der Waals surface area contributed by atoms with Crippen LogP contribution in [0, 0.1) is 0 Å². The second-order valence-electron chi connectivity index (χ2n) is 7.46. The number of nitrogens with zero attached hydrogens (tertiary/aromatic N) is 3. The number of benzene rings is 1. The van der Waals surface area contributed by atoms with Gasteiger partial charge in [0, 0.05) is 38.6 Å². The number of nitrogens with one attached hydrogen (secondary N) is 1. The zero-order valence-electron chi connectivity index (χ0n) is 15.9. The minimum absolute atomic E-state index is 0.169. The van der Waals surface area contributed by atoms with Crippen LogP contribution in [0.3, 0.4) is 0 Å². The van der Waals surface area contributed by atoms with Crippen molar-refractivity contribution < 1.29 is 9.90 Å². The van der Waals surface area contributed by atoms with Crippen LogP contribution in [0.4, 0.5) is 0 Å². The Morgan fingerprint density at radius 1 is 1.14 bits per heavy atom. The van der Waals surface area contributed by atoms with Crippen LogP contribution in [-0.4, -0.2) is 50.5 Å². The number of fused-ring (bicyclic) bond motifs is 1. The number of carbonyl (C=O) groups is 1. The monoisotopic (exact) mass is 378 g/mol. The Bertz CT molecular complexity index is 907. The van der Waals surface area contributed by atoms with Crippen LogP contribution in [0.2, 0.25) is 0 Å². The maximum atomic E-state index is 12.9. The number of imidazole rings is 1. The molecule has 1 aliphatic heterocycles. The van der Waals surface area contributed by atoms with Gasteiger partial charge < -0.3 is 19.7 Å². The van der Waals surface area contributed by atoms with Gasteiger partial charge in [-0.25, -0.2) is 4.98 Å². The van der Waals surface area contributed by atoms with Gasteiger partial charge in [-0.15, -0.1) is 0 Å². The van der Waals surface area contributed by atoms with Crippen molar-refractivity contribution in [2.24, 2.45) is 0 Å². The van der Waals surface area contributed by atoms with E-state index in [0.29, 0.717) is 26.1 Å². The number of hydrogen-bond acceptors (Lipinski definition) is 4. The fourth-order valence-corrected chi connectivity index (χ4v) is 3.82. The summed E-state index contributed by atoms with van der Waals surface area (Å²) in [5, 5.41) is 14.2. The highest BCUT2D eigenvalue weighted by Crippen LogP contribution is 2.22. The molecule has 0 bridgehead atoms. The van der Waals surface area contributed by atoms with E-state index in [1.54, 1.807) is 4.90 Å². The molecule has 0 saturated carbocycles. The minimum Gasteiger partial charge on any atom is -0.379 e. The molecule has 0 unspecified atom stereocenters. The molecule has 1 atom stereocenters. The second-order valence-corrected chi connectivity index (χ2v) is 7.46. The Labute approximate surface area is 164 Å². The van der Waals surface area contributed by atoms with Crippen LogP contribution >= 0.6 is 0 Å². The minimum atomic E-state index is -1.34. The molecular formula is C22H26N4O2. The number of hydrogen-bond donors (Lipinski definition) is 2. The van der Waals surface area contributed by atoms with Crippen molar-refractivity contribution in [1.29, 1.82) is 0 Å². The van der Waals surface area contributed by atoms with Crippen LogP contribution in [0.15, 0.2) is 60.9 Å². The molecule has 1 aliphatic rings. The summed E-state index contributed by atoms with van der Waals surface area (Å²) in [6.45, 7) is 2.10. The van der Waals surface area contributed by atoms with Gasteiger partial charge in [-0.3, -0.25) is 4.79 Å². The summed E-state index contributed by atoms with van der Waals surface area (Å²) in [5.41, 5.74) is 1.64. The summed E-state index contributed by atoms with van der Waals surface area (Å²) in [7, 11) is 0. The third-order valence-electron chi connectivity index (χ3n) is 5.35. The first-order valence-electron chi connectivity index (χ1n) is 9.83. The van der Waals surface area contributed by atoms with Gasteiger partial charge in [0.2, 0.25) is 0 Å². The standard InChI is InChI=1S/C22H26N4O2/c27-21-22(28,11-6-13-25(21)14-10-18-7-2-1-3-8-18)17-23-15-19-16-26-12-5-4-9-20(26)24-19/h1-5,7-9,12,16,23,28H,6,10-11,13-15,17H2/t22-/m1/s1. The van der Waals surface area contributed by atoms with E-state index in [2.05, 4.69) is 22.4 Å². The molecule has 2 N–H and O–H groups in total. The molecule has 3 heterocycles. The summed E-state index contributed by atoms with van der Waals surface area (Å²) in [5.74, 6) is -0.169. The lowest BCUT2D eigenvalue weighted by Crippen LogP contribution is -2.58.